The molecule has 144 valence electrons. The van der Waals surface area contributed by atoms with Crippen molar-refractivity contribution in [2.24, 2.45) is 5.10 Å². The smallest absolute Gasteiger partial charge is 0.277 e. The third kappa shape index (κ3) is 5.74. The number of methoxy groups -OCH3 is 2. The Kier molecular flexibility index (Phi) is 7.23. The molecule has 0 saturated carbocycles. The summed E-state index contributed by atoms with van der Waals surface area (Å²) in [5.74, 6) is 1.99. The fraction of sp³-hybridized carbons (Fsp3) is 0.333. The summed E-state index contributed by atoms with van der Waals surface area (Å²) in [5.41, 5.74) is 5.31. The standard InChI is InChI=1S/C21H26N2O4/c1-14(2)18-8-6-15(3)10-20(18)27-13-21(24)23-22-12-16-11-17(25-4)7-9-19(16)26-5/h6-12,14H,13H2,1-5H3,(H,23,24). The molecular weight excluding hydrogens is 344 g/mol. The SMILES string of the molecule is COc1ccc(OC)c(C=NNC(=O)COc2cc(C)ccc2C(C)C)c1. The van der Waals surface area contributed by atoms with Crippen LogP contribution in [0, 0.1) is 6.92 Å². The van der Waals surface area contributed by atoms with Gasteiger partial charge in [0.25, 0.3) is 5.91 Å². The molecule has 1 amide bonds. The van der Waals surface area contributed by atoms with Crippen LogP contribution in [0.5, 0.6) is 17.2 Å². The highest BCUT2D eigenvalue weighted by molar-refractivity contribution is 5.86. The summed E-state index contributed by atoms with van der Waals surface area (Å²) in [7, 11) is 3.15. The number of hydrogen-bond acceptors (Lipinski definition) is 5. The third-order valence-corrected chi connectivity index (χ3v) is 3.98. The number of rotatable bonds is 8. The number of hydrogen-bond donors (Lipinski definition) is 1. The van der Waals surface area contributed by atoms with Gasteiger partial charge in [-0.2, -0.15) is 5.10 Å². The van der Waals surface area contributed by atoms with Crippen LogP contribution in [0.4, 0.5) is 0 Å². The molecule has 2 aromatic rings. The molecule has 0 aromatic heterocycles. The van der Waals surface area contributed by atoms with Gasteiger partial charge in [0.2, 0.25) is 0 Å². The van der Waals surface area contributed by atoms with Gasteiger partial charge < -0.3 is 14.2 Å². The van der Waals surface area contributed by atoms with Crippen LogP contribution in [-0.4, -0.2) is 32.9 Å². The molecule has 2 aromatic carbocycles. The highest BCUT2D eigenvalue weighted by Gasteiger charge is 2.10. The maximum absolute atomic E-state index is 12.0. The topological polar surface area (TPSA) is 69.2 Å². The van der Waals surface area contributed by atoms with Crippen molar-refractivity contribution in [1.82, 2.24) is 5.43 Å². The molecule has 0 aliphatic carbocycles. The zero-order valence-electron chi connectivity index (χ0n) is 16.4. The fourth-order valence-corrected chi connectivity index (χ4v) is 2.53. The van der Waals surface area contributed by atoms with E-state index < -0.39 is 0 Å². The predicted molar refractivity (Wildman–Crippen MR) is 106 cm³/mol. The highest BCUT2D eigenvalue weighted by Crippen LogP contribution is 2.27. The molecular formula is C21H26N2O4. The van der Waals surface area contributed by atoms with Crippen molar-refractivity contribution in [2.75, 3.05) is 20.8 Å². The molecule has 2 rings (SSSR count). The largest absolute Gasteiger partial charge is 0.497 e. The molecule has 0 atom stereocenters. The van der Waals surface area contributed by atoms with Gasteiger partial charge in [0.1, 0.15) is 17.2 Å². The monoisotopic (exact) mass is 370 g/mol. The van der Waals surface area contributed by atoms with Crippen molar-refractivity contribution in [3.05, 3.63) is 53.1 Å². The van der Waals surface area contributed by atoms with Crippen molar-refractivity contribution in [3.63, 3.8) is 0 Å². The van der Waals surface area contributed by atoms with Gasteiger partial charge in [0.15, 0.2) is 6.61 Å². The summed E-state index contributed by atoms with van der Waals surface area (Å²) < 4.78 is 16.1. The first-order valence-corrected chi connectivity index (χ1v) is 8.72. The molecule has 0 radical (unpaired) electrons. The Morgan fingerprint density at radius 1 is 1.11 bits per heavy atom. The van der Waals surface area contributed by atoms with Crippen LogP contribution in [0.2, 0.25) is 0 Å². The van der Waals surface area contributed by atoms with Crippen LogP contribution in [0.3, 0.4) is 0 Å². The zero-order chi connectivity index (χ0) is 19.8. The summed E-state index contributed by atoms with van der Waals surface area (Å²) in [6.07, 6.45) is 1.51. The van der Waals surface area contributed by atoms with E-state index in [1.54, 1.807) is 32.4 Å². The quantitative estimate of drug-likeness (QED) is 0.569. The van der Waals surface area contributed by atoms with E-state index in [1.165, 1.54) is 6.21 Å². The fourth-order valence-electron chi connectivity index (χ4n) is 2.53. The van der Waals surface area contributed by atoms with Gasteiger partial charge in [-0.25, -0.2) is 5.43 Å². The normalized spacial score (nSPS) is 10.9. The molecule has 0 unspecified atom stereocenters. The third-order valence-electron chi connectivity index (χ3n) is 3.98. The number of carbonyl (C=O) groups excluding carboxylic acids is 1. The number of amides is 1. The number of ether oxygens (including phenoxy) is 3. The Hall–Kier alpha value is -3.02. The minimum Gasteiger partial charge on any atom is -0.497 e. The molecule has 0 aliphatic rings. The minimum absolute atomic E-state index is 0.115. The molecule has 0 saturated heterocycles. The molecule has 6 heteroatoms. The van der Waals surface area contributed by atoms with E-state index in [9.17, 15) is 4.79 Å². The number of carbonyl (C=O) groups is 1. The van der Waals surface area contributed by atoms with Crippen molar-refractivity contribution in [3.8, 4) is 17.2 Å². The zero-order valence-corrected chi connectivity index (χ0v) is 16.4. The number of nitrogens with zero attached hydrogens (tertiary/aromatic N) is 1. The first-order valence-electron chi connectivity index (χ1n) is 8.72. The van der Waals surface area contributed by atoms with Gasteiger partial charge >= 0.3 is 0 Å². The van der Waals surface area contributed by atoms with E-state index in [0.717, 1.165) is 16.9 Å². The number of benzene rings is 2. The van der Waals surface area contributed by atoms with Gasteiger partial charge in [0.05, 0.1) is 20.4 Å². The van der Waals surface area contributed by atoms with Crippen LogP contribution < -0.4 is 19.6 Å². The molecule has 27 heavy (non-hydrogen) atoms. The average Bonchev–Trinajstić information content (AvgIpc) is 2.66. The summed E-state index contributed by atoms with van der Waals surface area (Å²) in [4.78, 5) is 12.0. The first kappa shape index (κ1) is 20.3. The van der Waals surface area contributed by atoms with E-state index >= 15 is 0 Å². The molecule has 0 aliphatic heterocycles. The molecule has 0 heterocycles. The second-order valence-corrected chi connectivity index (χ2v) is 6.39. The maximum atomic E-state index is 12.0. The van der Waals surface area contributed by atoms with Gasteiger partial charge in [0, 0.05) is 5.56 Å². The highest BCUT2D eigenvalue weighted by atomic mass is 16.5. The molecule has 0 spiro atoms. The van der Waals surface area contributed by atoms with E-state index in [1.807, 2.05) is 25.1 Å². The van der Waals surface area contributed by atoms with Crippen molar-refractivity contribution >= 4 is 12.1 Å². The Balaban J connectivity index is 1.97. The van der Waals surface area contributed by atoms with Crippen LogP contribution >= 0.6 is 0 Å². The van der Waals surface area contributed by atoms with E-state index in [4.69, 9.17) is 14.2 Å². The lowest BCUT2D eigenvalue weighted by Crippen LogP contribution is -2.25. The van der Waals surface area contributed by atoms with Crippen molar-refractivity contribution in [2.45, 2.75) is 26.7 Å². The second-order valence-electron chi connectivity index (χ2n) is 6.39. The molecule has 0 bridgehead atoms. The van der Waals surface area contributed by atoms with Crippen molar-refractivity contribution in [1.29, 1.82) is 0 Å². The molecule has 0 fully saturated rings. The van der Waals surface area contributed by atoms with Gasteiger partial charge in [-0.1, -0.05) is 26.0 Å². The molecule has 1 N–H and O–H groups in total. The number of aryl methyl sites for hydroxylation is 1. The second kappa shape index (κ2) is 9.62. The number of nitrogens with one attached hydrogen (secondary N) is 1. The van der Waals surface area contributed by atoms with E-state index in [0.29, 0.717) is 23.0 Å². The summed E-state index contributed by atoms with van der Waals surface area (Å²) in [5, 5.41) is 3.97. The minimum atomic E-state index is -0.343. The maximum Gasteiger partial charge on any atom is 0.277 e. The Labute approximate surface area is 160 Å². The lowest BCUT2D eigenvalue weighted by Gasteiger charge is -2.14. The Morgan fingerprint density at radius 2 is 1.89 bits per heavy atom. The van der Waals surface area contributed by atoms with Crippen LogP contribution in [0.15, 0.2) is 41.5 Å². The van der Waals surface area contributed by atoms with Crippen molar-refractivity contribution < 1.29 is 19.0 Å². The average molecular weight is 370 g/mol. The van der Waals surface area contributed by atoms with Gasteiger partial charge in [-0.05, 0) is 48.2 Å². The Bertz CT molecular complexity index is 816. The first-order chi connectivity index (χ1) is 12.9. The lowest BCUT2D eigenvalue weighted by atomic mass is 10.0. The van der Waals surface area contributed by atoms with Gasteiger partial charge in [-0.15, -0.1) is 0 Å². The van der Waals surface area contributed by atoms with E-state index in [-0.39, 0.29) is 12.5 Å². The van der Waals surface area contributed by atoms with E-state index in [2.05, 4.69) is 24.4 Å². The Morgan fingerprint density at radius 3 is 2.56 bits per heavy atom. The predicted octanol–water partition coefficient (Wildman–Crippen LogP) is 3.66. The van der Waals surface area contributed by atoms with Gasteiger partial charge in [-0.3, -0.25) is 4.79 Å². The summed E-state index contributed by atoms with van der Waals surface area (Å²) in [6.45, 7) is 6.05. The summed E-state index contributed by atoms with van der Waals surface area (Å²) in [6, 6.07) is 11.3. The summed E-state index contributed by atoms with van der Waals surface area (Å²) >= 11 is 0. The lowest BCUT2D eigenvalue weighted by molar-refractivity contribution is -0.123. The van der Waals surface area contributed by atoms with Crippen LogP contribution in [0.25, 0.3) is 0 Å². The number of hydrazone groups is 1. The molecule has 6 nitrogen and oxygen atoms in total. The van der Waals surface area contributed by atoms with Crippen LogP contribution in [-0.2, 0) is 4.79 Å². The van der Waals surface area contributed by atoms with Crippen LogP contribution in [0.1, 0.15) is 36.5 Å².